The van der Waals surface area contributed by atoms with Crippen molar-refractivity contribution in [2.75, 3.05) is 6.61 Å². The minimum absolute atomic E-state index is 0.118. The van der Waals surface area contributed by atoms with Gasteiger partial charge in [-0.1, -0.05) is 5.92 Å². The zero-order chi connectivity index (χ0) is 10.8. The molecule has 1 rings (SSSR count). The maximum absolute atomic E-state index is 10.9. The molecule has 1 aliphatic rings. The van der Waals surface area contributed by atoms with Crippen LogP contribution in [0.15, 0.2) is 0 Å². The van der Waals surface area contributed by atoms with E-state index in [1.165, 1.54) is 0 Å². The summed E-state index contributed by atoms with van der Waals surface area (Å²) in [4.78, 5) is 10.9. The van der Waals surface area contributed by atoms with Crippen molar-refractivity contribution in [2.24, 2.45) is 0 Å². The summed E-state index contributed by atoms with van der Waals surface area (Å²) in [6.07, 6.45) is 6.37. The third kappa shape index (κ3) is 2.57. The molecular weight excluding hydrogens is 180 g/mol. The first-order chi connectivity index (χ1) is 6.39. The van der Waals surface area contributed by atoms with Crippen molar-refractivity contribution in [3.63, 3.8) is 0 Å². The van der Waals surface area contributed by atoms with E-state index in [-0.39, 0.29) is 5.78 Å². The predicted molar refractivity (Wildman–Crippen MR) is 52.6 cm³/mol. The fourth-order valence-electron chi connectivity index (χ4n) is 1.46. The normalized spacial score (nSPS) is 29.9. The molecule has 0 saturated carbocycles. The van der Waals surface area contributed by atoms with Crippen LogP contribution in [0.3, 0.4) is 0 Å². The lowest BCUT2D eigenvalue weighted by atomic mass is 9.98. The number of carbonyl (C=O) groups is 1. The third-order valence-electron chi connectivity index (χ3n) is 2.24. The van der Waals surface area contributed by atoms with E-state index in [0.29, 0.717) is 19.4 Å². The van der Waals surface area contributed by atoms with E-state index < -0.39 is 11.4 Å². The molecule has 1 aliphatic heterocycles. The van der Waals surface area contributed by atoms with Gasteiger partial charge >= 0.3 is 0 Å². The second kappa shape index (κ2) is 3.72. The van der Waals surface area contributed by atoms with Gasteiger partial charge in [0.2, 0.25) is 0 Å². The molecule has 0 N–H and O–H groups in total. The van der Waals surface area contributed by atoms with Gasteiger partial charge in [-0.05, 0) is 27.2 Å². The monoisotopic (exact) mass is 196 g/mol. The standard InChI is InChI=1S/C11H16O3/c1-5-11(7-6-9(2)12)8-13-10(3,4)14-11/h1H,6-8H2,2-4H3/t11-/m0/s1. The summed E-state index contributed by atoms with van der Waals surface area (Å²) in [7, 11) is 0. The van der Waals surface area contributed by atoms with Crippen molar-refractivity contribution in [3.8, 4) is 12.3 Å². The number of ether oxygens (including phenoxy) is 2. The van der Waals surface area contributed by atoms with Gasteiger partial charge in [0, 0.05) is 6.42 Å². The average Bonchev–Trinajstić information content (AvgIpc) is 2.40. The second-order valence-electron chi connectivity index (χ2n) is 4.13. The number of rotatable bonds is 3. The van der Waals surface area contributed by atoms with Gasteiger partial charge in [0.1, 0.15) is 5.78 Å². The molecule has 1 saturated heterocycles. The van der Waals surface area contributed by atoms with Crippen LogP contribution in [0.2, 0.25) is 0 Å². The molecule has 78 valence electrons. The Labute approximate surface area is 84.8 Å². The Hall–Kier alpha value is -0.850. The van der Waals surface area contributed by atoms with Crippen molar-refractivity contribution < 1.29 is 14.3 Å². The summed E-state index contributed by atoms with van der Waals surface area (Å²) in [5, 5.41) is 0. The average molecular weight is 196 g/mol. The fourth-order valence-corrected chi connectivity index (χ4v) is 1.46. The Bertz CT molecular complexity index is 275. The summed E-state index contributed by atoms with van der Waals surface area (Å²) >= 11 is 0. The van der Waals surface area contributed by atoms with E-state index >= 15 is 0 Å². The van der Waals surface area contributed by atoms with Crippen LogP contribution in [0.4, 0.5) is 0 Å². The fraction of sp³-hybridized carbons (Fsp3) is 0.727. The molecule has 0 bridgehead atoms. The third-order valence-corrected chi connectivity index (χ3v) is 2.24. The van der Waals surface area contributed by atoms with Gasteiger partial charge in [0.15, 0.2) is 11.4 Å². The summed E-state index contributed by atoms with van der Waals surface area (Å²) < 4.78 is 11.0. The number of hydrogen-bond donors (Lipinski definition) is 0. The SMILES string of the molecule is C#C[C@]1(CCC(C)=O)COC(C)(C)O1. The Kier molecular flexibility index (Phi) is 2.98. The zero-order valence-corrected chi connectivity index (χ0v) is 8.92. The molecular formula is C11H16O3. The lowest BCUT2D eigenvalue weighted by Gasteiger charge is -2.23. The maximum Gasteiger partial charge on any atom is 0.165 e. The van der Waals surface area contributed by atoms with Gasteiger partial charge in [0.05, 0.1) is 6.61 Å². The number of hydrogen-bond acceptors (Lipinski definition) is 3. The highest BCUT2D eigenvalue weighted by atomic mass is 16.8. The van der Waals surface area contributed by atoms with Crippen molar-refractivity contribution in [1.29, 1.82) is 0 Å². The van der Waals surface area contributed by atoms with Crippen LogP contribution < -0.4 is 0 Å². The van der Waals surface area contributed by atoms with Crippen molar-refractivity contribution in [1.82, 2.24) is 0 Å². The molecule has 0 radical (unpaired) electrons. The Morgan fingerprint density at radius 3 is 2.57 bits per heavy atom. The number of terminal acetylenes is 1. The van der Waals surface area contributed by atoms with Gasteiger partial charge in [0.25, 0.3) is 0 Å². The number of ketones is 1. The van der Waals surface area contributed by atoms with Crippen LogP contribution >= 0.6 is 0 Å². The Morgan fingerprint density at radius 2 is 2.21 bits per heavy atom. The van der Waals surface area contributed by atoms with Gasteiger partial charge < -0.3 is 14.3 Å². The van der Waals surface area contributed by atoms with Crippen molar-refractivity contribution in [2.45, 2.75) is 45.0 Å². The van der Waals surface area contributed by atoms with Crippen LogP contribution in [0.5, 0.6) is 0 Å². The Morgan fingerprint density at radius 1 is 1.57 bits per heavy atom. The van der Waals surface area contributed by atoms with Crippen molar-refractivity contribution in [3.05, 3.63) is 0 Å². The quantitative estimate of drug-likeness (QED) is 0.642. The molecule has 0 spiro atoms. The van der Waals surface area contributed by atoms with Crippen LogP contribution in [0.25, 0.3) is 0 Å². The first-order valence-electron chi connectivity index (χ1n) is 4.70. The van der Waals surface area contributed by atoms with E-state index in [2.05, 4.69) is 5.92 Å². The van der Waals surface area contributed by atoms with Crippen molar-refractivity contribution >= 4 is 5.78 Å². The van der Waals surface area contributed by atoms with Gasteiger partial charge in [-0.25, -0.2) is 0 Å². The molecule has 1 heterocycles. The van der Waals surface area contributed by atoms with E-state index in [9.17, 15) is 4.79 Å². The van der Waals surface area contributed by atoms with E-state index in [0.717, 1.165) is 0 Å². The lowest BCUT2D eigenvalue weighted by molar-refractivity contribution is -0.151. The molecule has 14 heavy (non-hydrogen) atoms. The second-order valence-corrected chi connectivity index (χ2v) is 4.13. The van der Waals surface area contributed by atoms with Gasteiger partial charge in [-0.3, -0.25) is 0 Å². The molecule has 3 nitrogen and oxygen atoms in total. The summed E-state index contributed by atoms with van der Waals surface area (Å²) in [6.45, 7) is 5.55. The van der Waals surface area contributed by atoms with E-state index in [1.807, 2.05) is 13.8 Å². The molecule has 1 atom stereocenters. The highest BCUT2D eigenvalue weighted by molar-refractivity contribution is 5.75. The molecule has 0 aromatic heterocycles. The highest BCUT2D eigenvalue weighted by Gasteiger charge is 2.44. The van der Waals surface area contributed by atoms with Crippen LogP contribution in [-0.4, -0.2) is 23.8 Å². The molecule has 3 heteroatoms. The number of carbonyl (C=O) groups excluding carboxylic acids is 1. The minimum Gasteiger partial charge on any atom is -0.346 e. The van der Waals surface area contributed by atoms with Gasteiger partial charge in [-0.15, -0.1) is 6.42 Å². The Balaban J connectivity index is 2.62. The molecule has 0 amide bonds. The molecule has 0 aromatic carbocycles. The molecule has 0 unspecified atom stereocenters. The van der Waals surface area contributed by atoms with E-state index in [4.69, 9.17) is 15.9 Å². The zero-order valence-electron chi connectivity index (χ0n) is 8.92. The molecule has 1 fully saturated rings. The smallest absolute Gasteiger partial charge is 0.165 e. The molecule has 0 aliphatic carbocycles. The topological polar surface area (TPSA) is 35.5 Å². The summed E-state index contributed by atoms with van der Waals surface area (Å²) in [6, 6.07) is 0. The van der Waals surface area contributed by atoms with E-state index in [1.54, 1.807) is 6.92 Å². The van der Waals surface area contributed by atoms with Crippen LogP contribution in [0, 0.1) is 12.3 Å². The maximum atomic E-state index is 10.9. The first kappa shape index (κ1) is 11.2. The largest absolute Gasteiger partial charge is 0.346 e. The predicted octanol–water partition coefficient (Wildman–Crippen LogP) is 1.51. The van der Waals surface area contributed by atoms with Gasteiger partial charge in [-0.2, -0.15) is 0 Å². The summed E-state index contributed by atoms with van der Waals surface area (Å²) in [5.74, 6) is 2.07. The number of Topliss-reactive ketones (excluding diaryl/α,β-unsaturated/α-hetero) is 1. The van der Waals surface area contributed by atoms with Crippen LogP contribution in [0.1, 0.15) is 33.6 Å². The minimum atomic E-state index is -0.713. The lowest BCUT2D eigenvalue weighted by Crippen LogP contribution is -2.33. The molecule has 0 aromatic rings. The highest BCUT2D eigenvalue weighted by Crippen LogP contribution is 2.33. The summed E-state index contributed by atoms with van der Waals surface area (Å²) in [5.41, 5.74) is -0.713. The first-order valence-corrected chi connectivity index (χ1v) is 4.70. The van der Waals surface area contributed by atoms with Crippen LogP contribution in [-0.2, 0) is 14.3 Å².